The number of aromatic nitrogens is 2. The Morgan fingerprint density at radius 3 is 2.65 bits per heavy atom. The number of carbonyl (C=O) groups is 1. The van der Waals surface area contributed by atoms with Crippen molar-refractivity contribution < 1.29 is 9.53 Å². The fraction of sp³-hybridized carbons (Fsp3) is 0.643. The molecule has 1 unspecified atom stereocenters. The Bertz CT molecular complexity index is 425. The zero-order chi connectivity index (χ0) is 14.4. The lowest BCUT2D eigenvalue weighted by Crippen LogP contribution is -2.32. The molecule has 0 saturated carbocycles. The summed E-state index contributed by atoms with van der Waals surface area (Å²) in [5, 5.41) is 2.86. The summed E-state index contributed by atoms with van der Waals surface area (Å²) in [5.74, 6) is 0.511. The molecular weight excluding hydrogens is 256 g/mol. The van der Waals surface area contributed by atoms with E-state index in [9.17, 15) is 4.79 Å². The van der Waals surface area contributed by atoms with Gasteiger partial charge in [-0.3, -0.25) is 4.79 Å². The van der Waals surface area contributed by atoms with Gasteiger partial charge in [-0.05, 0) is 26.7 Å². The van der Waals surface area contributed by atoms with Gasteiger partial charge in [0.1, 0.15) is 0 Å². The van der Waals surface area contributed by atoms with Crippen molar-refractivity contribution in [2.75, 3.05) is 31.1 Å². The maximum absolute atomic E-state index is 12.0. The van der Waals surface area contributed by atoms with Crippen molar-refractivity contribution in [2.24, 2.45) is 0 Å². The van der Waals surface area contributed by atoms with Gasteiger partial charge in [0.2, 0.25) is 5.95 Å². The minimum Gasteiger partial charge on any atom is -0.376 e. The third-order valence-corrected chi connectivity index (χ3v) is 3.46. The number of hydrogen-bond acceptors (Lipinski definition) is 5. The van der Waals surface area contributed by atoms with Gasteiger partial charge in [0.25, 0.3) is 5.91 Å². The quantitative estimate of drug-likeness (QED) is 0.847. The molecule has 20 heavy (non-hydrogen) atoms. The Labute approximate surface area is 119 Å². The van der Waals surface area contributed by atoms with Gasteiger partial charge in [0.05, 0.1) is 11.7 Å². The summed E-state index contributed by atoms with van der Waals surface area (Å²) in [5.41, 5.74) is 0.485. The molecular formula is C14H22N4O2. The normalized spacial score (nSPS) is 18.0. The van der Waals surface area contributed by atoms with Gasteiger partial charge in [-0.2, -0.15) is 0 Å². The molecule has 1 aromatic heterocycles. The number of carbonyl (C=O) groups excluding carboxylic acids is 1. The average molecular weight is 278 g/mol. The molecule has 0 aromatic carbocycles. The summed E-state index contributed by atoms with van der Waals surface area (Å²) in [4.78, 5) is 22.5. The molecule has 1 fully saturated rings. The molecule has 0 spiro atoms. The third-order valence-electron chi connectivity index (χ3n) is 3.46. The lowest BCUT2D eigenvalue weighted by Gasteiger charge is -2.18. The van der Waals surface area contributed by atoms with Gasteiger partial charge in [-0.1, -0.05) is 0 Å². The zero-order valence-electron chi connectivity index (χ0n) is 12.1. The summed E-state index contributed by atoms with van der Waals surface area (Å²) in [6.45, 7) is 7.14. The SMILES string of the molecule is CCN(CC)c1ncc(C(=O)NCC2CCCO2)cn1. The molecule has 0 radical (unpaired) electrons. The van der Waals surface area contributed by atoms with Crippen LogP contribution in [0.2, 0.25) is 0 Å². The Hall–Kier alpha value is -1.69. The van der Waals surface area contributed by atoms with Crippen molar-refractivity contribution in [3.63, 3.8) is 0 Å². The maximum atomic E-state index is 12.0. The predicted octanol–water partition coefficient (Wildman–Crippen LogP) is 1.23. The first-order valence-corrected chi connectivity index (χ1v) is 7.21. The van der Waals surface area contributed by atoms with Crippen molar-refractivity contribution in [1.82, 2.24) is 15.3 Å². The second-order valence-corrected chi connectivity index (χ2v) is 4.79. The van der Waals surface area contributed by atoms with E-state index < -0.39 is 0 Å². The number of anilines is 1. The maximum Gasteiger partial charge on any atom is 0.254 e. The highest BCUT2D eigenvalue weighted by Gasteiger charge is 2.17. The van der Waals surface area contributed by atoms with Crippen LogP contribution >= 0.6 is 0 Å². The van der Waals surface area contributed by atoms with E-state index in [1.165, 1.54) is 0 Å². The van der Waals surface area contributed by atoms with Crippen LogP contribution in [0.5, 0.6) is 0 Å². The van der Waals surface area contributed by atoms with Crippen molar-refractivity contribution >= 4 is 11.9 Å². The highest BCUT2D eigenvalue weighted by atomic mass is 16.5. The highest BCUT2D eigenvalue weighted by molar-refractivity contribution is 5.93. The highest BCUT2D eigenvalue weighted by Crippen LogP contribution is 2.11. The summed E-state index contributed by atoms with van der Waals surface area (Å²) in [7, 11) is 0. The van der Waals surface area contributed by atoms with Crippen LogP contribution in [0.15, 0.2) is 12.4 Å². The van der Waals surface area contributed by atoms with E-state index in [0.29, 0.717) is 18.1 Å². The first kappa shape index (κ1) is 14.7. The molecule has 1 aromatic rings. The Morgan fingerprint density at radius 2 is 2.10 bits per heavy atom. The van der Waals surface area contributed by atoms with E-state index in [1.807, 2.05) is 4.90 Å². The van der Waals surface area contributed by atoms with Crippen LogP contribution in [0.4, 0.5) is 5.95 Å². The van der Waals surface area contributed by atoms with Crippen LogP contribution in [-0.2, 0) is 4.74 Å². The molecule has 1 amide bonds. The number of amides is 1. The fourth-order valence-electron chi connectivity index (χ4n) is 2.22. The number of nitrogens with zero attached hydrogens (tertiary/aromatic N) is 3. The second-order valence-electron chi connectivity index (χ2n) is 4.79. The molecule has 1 aliphatic heterocycles. The largest absolute Gasteiger partial charge is 0.376 e. The van der Waals surface area contributed by atoms with Gasteiger partial charge in [0, 0.05) is 38.6 Å². The van der Waals surface area contributed by atoms with E-state index in [-0.39, 0.29) is 12.0 Å². The van der Waals surface area contributed by atoms with Crippen LogP contribution in [0.1, 0.15) is 37.0 Å². The van der Waals surface area contributed by atoms with E-state index in [1.54, 1.807) is 12.4 Å². The summed E-state index contributed by atoms with van der Waals surface area (Å²) < 4.78 is 5.47. The minimum atomic E-state index is -0.147. The average Bonchev–Trinajstić information content (AvgIpc) is 3.00. The molecule has 6 heteroatoms. The Balaban J connectivity index is 1.89. The van der Waals surface area contributed by atoms with Crippen molar-refractivity contribution in [3.8, 4) is 0 Å². The number of rotatable bonds is 6. The molecule has 2 heterocycles. The van der Waals surface area contributed by atoms with Crippen molar-refractivity contribution in [1.29, 1.82) is 0 Å². The van der Waals surface area contributed by atoms with E-state index in [4.69, 9.17) is 4.74 Å². The monoisotopic (exact) mass is 278 g/mol. The lowest BCUT2D eigenvalue weighted by atomic mass is 10.2. The summed E-state index contributed by atoms with van der Waals surface area (Å²) >= 11 is 0. The molecule has 0 aliphatic carbocycles. The van der Waals surface area contributed by atoms with Crippen LogP contribution < -0.4 is 10.2 Å². The van der Waals surface area contributed by atoms with Gasteiger partial charge >= 0.3 is 0 Å². The standard InChI is InChI=1S/C14H22N4O2/c1-3-18(4-2)14-16-8-11(9-17-14)13(19)15-10-12-6-5-7-20-12/h8-9,12H,3-7,10H2,1-2H3,(H,15,19). The molecule has 1 saturated heterocycles. The first-order valence-electron chi connectivity index (χ1n) is 7.21. The molecule has 110 valence electrons. The molecule has 6 nitrogen and oxygen atoms in total. The topological polar surface area (TPSA) is 67.4 Å². The number of hydrogen-bond donors (Lipinski definition) is 1. The molecule has 1 atom stereocenters. The molecule has 2 rings (SSSR count). The van der Waals surface area contributed by atoms with Crippen molar-refractivity contribution in [2.45, 2.75) is 32.8 Å². The Morgan fingerprint density at radius 1 is 1.40 bits per heavy atom. The van der Waals surface area contributed by atoms with E-state index in [0.717, 1.165) is 32.5 Å². The van der Waals surface area contributed by atoms with E-state index in [2.05, 4.69) is 29.1 Å². The molecule has 0 bridgehead atoms. The van der Waals surface area contributed by atoms with Crippen LogP contribution in [-0.4, -0.2) is 48.2 Å². The first-order chi connectivity index (χ1) is 9.74. The van der Waals surface area contributed by atoms with Gasteiger partial charge < -0.3 is 15.0 Å². The second kappa shape index (κ2) is 7.19. The molecule has 1 N–H and O–H groups in total. The molecule has 1 aliphatic rings. The summed E-state index contributed by atoms with van der Waals surface area (Å²) in [6.07, 6.45) is 5.38. The van der Waals surface area contributed by atoms with Crippen LogP contribution in [0, 0.1) is 0 Å². The predicted molar refractivity (Wildman–Crippen MR) is 76.9 cm³/mol. The summed E-state index contributed by atoms with van der Waals surface area (Å²) in [6, 6.07) is 0. The smallest absolute Gasteiger partial charge is 0.254 e. The fourth-order valence-corrected chi connectivity index (χ4v) is 2.22. The van der Waals surface area contributed by atoms with Gasteiger partial charge in [-0.25, -0.2) is 9.97 Å². The Kier molecular flexibility index (Phi) is 5.29. The van der Waals surface area contributed by atoms with E-state index >= 15 is 0 Å². The van der Waals surface area contributed by atoms with Gasteiger partial charge in [0.15, 0.2) is 0 Å². The number of nitrogens with one attached hydrogen (secondary N) is 1. The van der Waals surface area contributed by atoms with Gasteiger partial charge in [-0.15, -0.1) is 0 Å². The third kappa shape index (κ3) is 3.66. The van der Waals surface area contributed by atoms with Crippen LogP contribution in [0.3, 0.4) is 0 Å². The lowest BCUT2D eigenvalue weighted by molar-refractivity contribution is 0.0857. The van der Waals surface area contributed by atoms with Crippen LogP contribution in [0.25, 0.3) is 0 Å². The minimum absolute atomic E-state index is 0.147. The zero-order valence-corrected chi connectivity index (χ0v) is 12.1. The van der Waals surface area contributed by atoms with Crippen molar-refractivity contribution in [3.05, 3.63) is 18.0 Å². The number of ether oxygens (including phenoxy) is 1.